The SMILES string of the molecule is Fc1cc(CNC2CCNC2)c2ncccc2c1. The fraction of sp³-hybridized carbons (Fsp3) is 0.357. The molecule has 1 saturated heterocycles. The summed E-state index contributed by atoms with van der Waals surface area (Å²) in [6.45, 7) is 2.71. The summed E-state index contributed by atoms with van der Waals surface area (Å²) in [4.78, 5) is 4.35. The fourth-order valence-corrected chi connectivity index (χ4v) is 2.45. The van der Waals surface area contributed by atoms with Crippen molar-refractivity contribution < 1.29 is 4.39 Å². The van der Waals surface area contributed by atoms with Gasteiger partial charge in [-0.15, -0.1) is 0 Å². The molecule has 2 heterocycles. The molecule has 0 spiro atoms. The monoisotopic (exact) mass is 245 g/mol. The average Bonchev–Trinajstić information content (AvgIpc) is 2.89. The van der Waals surface area contributed by atoms with Crippen LogP contribution >= 0.6 is 0 Å². The van der Waals surface area contributed by atoms with Crippen molar-refractivity contribution >= 4 is 10.9 Å². The molecule has 2 aromatic rings. The summed E-state index contributed by atoms with van der Waals surface area (Å²) in [6.07, 6.45) is 2.88. The van der Waals surface area contributed by atoms with Gasteiger partial charge in [0.25, 0.3) is 0 Å². The van der Waals surface area contributed by atoms with Crippen molar-refractivity contribution in [2.75, 3.05) is 13.1 Å². The van der Waals surface area contributed by atoms with Crippen LogP contribution in [0.2, 0.25) is 0 Å². The molecule has 1 aliphatic heterocycles. The highest BCUT2D eigenvalue weighted by molar-refractivity contribution is 5.81. The van der Waals surface area contributed by atoms with Gasteiger partial charge >= 0.3 is 0 Å². The molecule has 0 aliphatic carbocycles. The fourth-order valence-electron chi connectivity index (χ4n) is 2.45. The minimum atomic E-state index is -0.197. The van der Waals surface area contributed by atoms with Crippen LogP contribution in [0.4, 0.5) is 4.39 Å². The summed E-state index contributed by atoms with van der Waals surface area (Å²) in [5.41, 5.74) is 1.81. The molecule has 0 saturated carbocycles. The van der Waals surface area contributed by atoms with E-state index < -0.39 is 0 Å². The first kappa shape index (κ1) is 11.6. The molecule has 0 amide bonds. The summed E-state index contributed by atoms with van der Waals surface area (Å²) in [5.74, 6) is -0.197. The van der Waals surface area contributed by atoms with Gasteiger partial charge in [-0.05, 0) is 36.7 Å². The number of nitrogens with one attached hydrogen (secondary N) is 2. The summed E-state index contributed by atoms with van der Waals surface area (Å²) in [6, 6.07) is 7.31. The van der Waals surface area contributed by atoms with Crippen molar-refractivity contribution in [2.45, 2.75) is 19.0 Å². The zero-order valence-electron chi connectivity index (χ0n) is 10.1. The molecule has 94 valence electrons. The predicted molar refractivity (Wildman–Crippen MR) is 69.8 cm³/mol. The first-order chi connectivity index (χ1) is 8.83. The highest BCUT2D eigenvalue weighted by Gasteiger charge is 2.14. The molecule has 3 rings (SSSR count). The molecular weight excluding hydrogens is 229 g/mol. The van der Waals surface area contributed by atoms with Crippen LogP contribution in [0.3, 0.4) is 0 Å². The molecule has 0 radical (unpaired) electrons. The third kappa shape index (κ3) is 2.35. The number of rotatable bonds is 3. The first-order valence-electron chi connectivity index (χ1n) is 6.30. The second-order valence-electron chi connectivity index (χ2n) is 4.71. The van der Waals surface area contributed by atoms with E-state index in [1.165, 1.54) is 6.07 Å². The molecule has 1 fully saturated rings. The van der Waals surface area contributed by atoms with Crippen LogP contribution in [-0.2, 0) is 6.54 Å². The lowest BCUT2D eigenvalue weighted by molar-refractivity contribution is 0.546. The van der Waals surface area contributed by atoms with Gasteiger partial charge in [-0.1, -0.05) is 6.07 Å². The third-order valence-electron chi connectivity index (χ3n) is 3.39. The molecule has 3 nitrogen and oxygen atoms in total. The van der Waals surface area contributed by atoms with Gasteiger partial charge in [-0.25, -0.2) is 4.39 Å². The lowest BCUT2D eigenvalue weighted by atomic mass is 10.1. The van der Waals surface area contributed by atoms with E-state index >= 15 is 0 Å². The van der Waals surface area contributed by atoms with Gasteiger partial charge < -0.3 is 10.6 Å². The Balaban J connectivity index is 1.85. The number of nitrogens with zero attached hydrogens (tertiary/aromatic N) is 1. The Morgan fingerprint density at radius 1 is 1.44 bits per heavy atom. The number of benzene rings is 1. The highest BCUT2D eigenvalue weighted by atomic mass is 19.1. The van der Waals surface area contributed by atoms with Gasteiger partial charge in [0.2, 0.25) is 0 Å². The molecule has 0 bridgehead atoms. The molecule has 1 aliphatic rings. The number of hydrogen-bond acceptors (Lipinski definition) is 3. The average molecular weight is 245 g/mol. The standard InChI is InChI=1S/C14H16FN3/c15-12-6-10-2-1-4-17-14(10)11(7-12)8-18-13-3-5-16-9-13/h1-2,4,6-7,13,16,18H,3,5,8-9H2. The van der Waals surface area contributed by atoms with Gasteiger partial charge in [-0.3, -0.25) is 4.98 Å². The lowest BCUT2D eigenvalue weighted by Crippen LogP contribution is -2.30. The molecule has 1 aromatic carbocycles. The van der Waals surface area contributed by atoms with E-state index in [0.717, 1.165) is 36.0 Å². The number of hydrogen-bond donors (Lipinski definition) is 2. The Morgan fingerprint density at radius 2 is 2.39 bits per heavy atom. The summed E-state index contributed by atoms with van der Waals surface area (Å²) < 4.78 is 13.5. The molecule has 18 heavy (non-hydrogen) atoms. The number of halogens is 1. The lowest BCUT2D eigenvalue weighted by Gasteiger charge is -2.12. The maximum Gasteiger partial charge on any atom is 0.124 e. The van der Waals surface area contributed by atoms with E-state index in [-0.39, 0.29) is 5.82 Å². The van der Waals surface area contributed by atoms with Crippen LogP contribution in [0.15, 0.2) is 30.5 Å². The van der Waals surface area contributed by atoms with E-state index in [2.05, 4.69) is 15.6 Å². The summed E-state index contributed by atoms with van der Waals surface area (Å²) in [7, 11) is 0. The minimum Gasteiger partial charge on any atom is -0.315 e. The maximum absolute atomic E-state index is 13.5. The predicted octanol–water partition coefficient (Wildman–Crippen LogP) is 1.83. The van der Waals surface area contributed by atoms with Crippen LogP contribution in [0, 0.1) is 5.82 Å². The van der Waals surface area contributed by atoms with Crippen LogP contribution < -0.4 is 10.6 Å². The normalized spacial score (nSPS) is 19.5. The molecule has 1 atom stereocenters. The van der Waals surface area contributed by atoms with E-state index in [1.807, 2.05) is 12.1 Å². The third-order valence-corrected chi connectivity index (χ3v) is 3.39. The van der Waals surface area contributed by atoms with Crippen LogP contribution in [0.1, 0.15) is 12.0 Å². The molecular formula is C14H16FN3. The molecule has 4 heteroatoms. The zero-order chi connectivity index (χ0) is 12.4. The Bertz CT molecular complexity index is 550. The van der Waals surface area contributed by atoms with E-state index in [9.17, 15) is 4.39 Å². The van der Waals surface area contributed by atoms with Crippen LogP contribution in [-0.4, -0.2) is 24.1 Å². The number of pyridine rings is 1. The van der Waals surface area contributed by atoms with Crippen molar-refractivity contribution in [2.24, 2.45) is 0 Å². The number of fused-ring (bicyclic) bond motifs is 1. The molecule has 1 unspecified atom stereocenters. The van der Waals surface area contributed by atoms with E-state index in [1.54, 1.807) is 12.3 Å². The van der Waals surface area contributed by atoms with E-state index in [4.69, 9.17) is 0 Å². The largest absolute Gasteiger partial charge is 0.315 e. The first-order valence-corrected chi connectivity index (χ1v) is 6.30. The highest BCUT2D eigenvalue weighted by Crippen LogP contribution is 2.18. The second-order valence-corrected chi connectivity index (χ2v) is 4.71. The van der Waals surface area contributed by atoms with Gasteiger partial charge in [-0.2, -0.15) is 0 Å². The Morgan fingerprint density at radius 3 is 3.22 bits per heavy atom. The zero-order valence-corrected chi connectivity index (χ0v) is 10.1. The van der Waals surface area contributed by atoms with Crippen molar-refractivity contribution in [3.63, 3.8) is 0 Å². The smallest absolute Gasteiger partial charge is 0.124 e. The van der Waals surface area contributed by atoms with Crippen molar-refractivity contribution in [3.05, 3.63) is 41.8 Å². The second kappa shape index (κ2) is 5.00. The molecule has 2 N–H and O–H groups in total. The summed E-state index contributed by atoms with van der Waals surface area (Å²) in [5, 5.41) is 7.61. The van der Waals surface area contributed by atoms with Gasteiger partial charge in [0.15, 0.2) is 0 Å². The van der Waals surface area contributed by atoms with E-state index in [0.29, 0.717) is 12.6 Å². The van der Waals surface area contributed by atoms with Crippen molar-refractivity contribution in [3.8, 4) is 0 Å². The van der Waals surface area contributed by atoms with Crippen LogP contribution in [0.5, 0.6) is 0 Å². The summed E-state index contributed by atoms with van der Waals surface area (Å²) >= 11 is 0. The van der Waals surface area contributed by atoms with Gasteiger partial charge in [0, 0.05) is 30.7 Å². The van der Waals surface area contributed by atoms with Gasteiger partial charge in [0.05, 0.1) is 5.52 Å². The van der Waals surface area contributed by atoms with Crippen LogP contribution in [0.25, 0.3) is 10.9 Å². The Labute approximate surface area is 105 Å². The topological polar surface area (TPSA) is 37.0 Å². The Hall–Kier alpha value is -1.52. The number of aromatic nitrogens is 1. The van der Waals surface area contributed by atoms with Crippen molar-refractivity contribution in [1.29, 1.82) is 0 Å². The van der Waals surface area contributed by atoms with Gasteiger partial charge in [0.1, 0.15) is 5.82 Å². The minimum absolute atomic E-state index is 0.197. The maximum atomic E-state index is 13.5. The quantitative estimate of drug-likeness (QED) is 0.866. The molecule has 1 aromatic heterocycles. The van der Waals surface area contributed by atoms with Crippen molar-refractivity contribution in [1.82, 2.24) is 15.6 Å². The Kier molecular flexibility index (Phi) is 3.21.